The van der Waals surface area contributed by atoms with Crippen molar-refractivity contribution in [2.24, 2.45) is 0 Å². The Balaban J connectivity index is 1.62. The maximum atomic E-state index is 4.83. The molecule has 1 aliphatic heterocycles. The fourth-order valence-electron chi connectivity index (χ4n) is 3.63. The Labute approximate surface area is 142 Å². The number of aryl methyl sites for hydroxylation is 1. The van der Waals surface area contributed by atoms with E-state index in [0.717, 1.165) is 44.3 Å². The van der Waals surface area contributed by atoms with Crippen molar-refractivity contribution in [3.63, 3.8) is 0 Å². The molecule has 1 aliphatic rings. The van der Waals surface area contributed by atoms with Crippen LogP contribution in [0.25, 0.3) is 10.9 Å². The first-order chi connectivity index (χ1) is 11.8. The summed E-state index contributed by atoms with van der Waals surface area (Å²) in [5.41, 5.74) is 3.64. The number of benzene rings is 1. The minimum atomic E-state index is 0.465. The number of hydrogen-bond acceptors (Lipinski definition) is 4. The van der Waals surface area contributed by atoms with Crippen LogP contribution in [0.5, 0.6) is 0 Å². The van der Waals surface area contributed by atoms with Gasteiger partial charge in [-0.1, -0.05) is 31.5 Å². The van der Waals surface area contributed by atoms with E-state index in [2.05, 4.69) is 52.2 Å². The molecular weight excluding hydrogens is 298 g/mol. The van der Waals surface area contributed by atoms with E-state index < -0.39 is 0 Å². The average Bonchev–Trinajstić information content (AvgIpc) is 3.16. The van der Waals surface area contributed by atoms with Gasteiger partial charge in [-0.25, -0.2) is 9.67 Å². The zero-order chi connectivity index (χ0) is 16.4. The van der Waals surface area contributed by atoms with Gasteiger partial charge in [-0.2, -0.15) is 5.10 Å². The van der Waals surface area contributed by atoms with E-state index in [9.17, 15) is 0 Å². The summed E-state index contributed by atoms with van der Waals surface area (Å²) >= 11 is 0. The summed E-state index contributed by atoms with van der Waals surface area (Å²) in [7, 11) is 0. The molecule has 0 aliphatic carbocycles. The Morgan fingerprint density at radius 3 is 2.75 bits per heavy atom. The van der Waals surface area contributed by atoms with Crippen molar-refractivity contribution in [1.29, 1.82) is 0 Å². The van der Waals surface area contributed by atoms with Crippen LogP contribution in [0, 0.1) is 0 Å². The monoisotopic (exact) mass is 321 g/mol. The summed E-state index contributed by atoms with van der Waals surface area (Å²) in [6, 6.07) is 11.3. The number of nitrogens with zero attached hydrogens (tertiary/aromatic N) is 5. The second-order valence-electron chi connectivity index (χ2n) is 6.49. The molecule has 0 unspecified atom stereocenters. The van der Waals surface area contributed by atoms with Gasteiger partial charge >= 0.3 is 0 Å². The predicted octanol–water partition coefficient (Wildman–Crippen LogP) is 3.62. The van der Waals surface area contributed by atoms with Gasteiger partial charge in [0.1, 0.15) is 12.7 Å². The number of hydrogen-bond donors (Lipinski definition) is 0. The number of anilines is 1. The third kappa shape index (κ3) is 2.86. The molecule has 0 bridgehead atoms. The lowest BCUT2D eigenvalue weighted by molar-refractivity contribution is 0.366. The Kier molecular flexibility index (Phi) is 4.15. The maximum absolute atomic E-state index is 4.83. The van der Waals surface area contributed by atoms with Gasteiger partial charge in [0.05, 0.1) is 11.6 Å². The molecule has 0 amide bonds. The fraction of sp³-hybridized carbons (Fsp3) is 0.421. The molecule has 5 nitrogen and oxygen atoms in total. The highest BCUT2D eigenvalue weighted by Crippen LogP contribution is 2.31. The van der Waals surface area contributed by atoms with E-state index in [1.807, 2.05) is 11.0 Å². The third-order valence-corrected chi connectivity index (χ3v) is 4.87. The quantitative estimate of drug-likeness (QED) is 0.736. The highest BCUT2D eigenvalue weighted by atomic mass is 15.3. The Bertz CT molecular complexity index is 804. The van der Waals surface area contributed by atoms with Crippen molar-refractivity contribution in [1.82, 2.24) is 19.7 Å². The summed E-state index contributed by atoms with van der Waals surface area (Å²) in [6.07, 6.45) is 7.82. The normalized spacial score (nSPS) is 16.0. The van der Waals surface area contributed by atoms with Gasteiger partial charge in [0, 0.05) is 29.9 Å². The van der Waals surface area contributed by atoms with E-state index in [4.69, 9.17) is 4.98 Å². The first kappa shape index (κ1) is 15.1. The molecule has 1 fully saturated rings. The highest BCUT2D eigenvalue weighted by Gasteiger charge is 2.22. The number of pyridine rings is 1. The van der Waals surface area contributed by atoms with E-state index >= 15 is 0 Å². The minimum absolute atomic E-state index is 0.465. The van der Waals surface area contributed by atoms with Crippen molar-refractivity contribution in [3.8, 4) is 0 Å². The summed E-state index contributed by atoms with van der Waals surface area (Å²) < 4.78 is 2.00. The van der Waals surface area contributed by atoms with E-state index in [1.54, 1.807) is 6.33 Å². The molecule has 1 aromatic carbocycles. The zero-order valence-corrected chi connectivity index (χ0v) is 14.1. The molecular formula is C19H23N5. The maximum Gasteiger partial charge on any atom is 0.137 e. The molecule has 0 saturated carbocycles. The number of para-hydroxylation sites is 1. The minimum Gasteiger partial charge on any atom is -0.371 e. The summed E-state index contributed by atoms with van der Waals surface area (Å²) in [6.45, 7) is 4.30. The lowest BCUT2D eigenvalue weighted by Gasteiger charge is -2.34. The largest absolute Gasteiger partial charge is 0.371 e. The second kappa shape index (κ2) is 6.59. The number of piperidine rings is 1. The van der Waals surface area contributed by atoms with Crippen molar-refractivity contribution in [3.05, 3.63) is 48.7 Å². The smallest absolute Gasteiger partial charge is 0.137 e. The standard InChI is InChI=1S/C19H23N5/c1-2-5-15-12-19(17-6-3-4-7-18(17)22-15)23-10-8-16(9-11-23)24-14-20-13-21-24/h3-4,6-7,12-14,16H,2,5,8-11H2,1H3. The van der Waals surface area contributed by atoms with Crippen molar-refractivity contribution >= 4 is 16.6 Å². The first-order valence-electron chi connectivity index (χ1n) is 8.83. The fourth-order valence-corrected chi connectivity index (χ4v) is 3.63. The Morgan fingerprint density at radius 1 is 1.17 bits per heavy atom. The van der Waals surface area contributed by atoms with Gasteiger partial charge in [-0.3, -0.25) is 4.98 Å². The Morgan fingerprint density at radius 2 is 2.00 bits per heavy atom. The molecule has 0 N–H and O–H groups in total. The molecule has 0 spiro atoms. The zero-order valence-electron chi connectivity index (χ0n) is 14.1. The number of rotatable bonds is 4. The van der Waals surface area contributed by atoms with Crippen LogP contribution >= 0.6 is 0 Å². The molecule has 24 heavy (non-hydrogen) atoms. The van der Waals surface area contributed by atoms with Crippen LogP contribution in [0.3, 0.4) is 0 Å². The van der Waals surface area contributed by atoms with Crippen molar-refractivity contribution < 1.29 is 0 Å². The van der Waals surface area contributed by atoms with Gasteiger partial charge in [0.25, 0.3) is 0 Å². The molecule has 3 heterocycles. The average molecular weight is 321 g/mol. The summed E-state index contributed by atoms with van der Waals surface area (Å²) in [5.74, 6) is 0. The predicted molar refractivity (Wildman–Crippen MR) is 96.2 cm³/mol. The van der Waals surface area contributed by atoms with Crippen LogP contribution in [0.15, 0.2) is 43.0 Å². The van der Waals surface area contributed by atoms with E-state index in [1.165, 1.54) is 16.8 Å². The molecule has 3 aromatic rings. The molecule has 4 rings (SSSR count). The van der Waals surface area contributed by atoms with Crippen molar-refractivity contribution in [2.45, 2.75) is 38.6 Å². The topological polar surface area (TPSA) is 46.8 Å². The lowest BCUT2D eigenvalue weighted by Crippen LogP contribution is -2.35. The Hall–Kier alpha value is -2.43. The van der Waals surface area contributed by atoms with E-state index in [-0.39, 0.29) is 0 Å². The van der Waals surface area contributed by atoms with Gasteiger partial charge in [-0.05, 0) is 31.4 Å². The molecule has 5 heteroatoms. The SMILES string of the molecule is CCCc1cc(N2CCC(n3cncn3)CC2)c2ccccc2n1. The molecule has 1 saturated heterocycles. The summed E-state index contributed by atoms with van der Waals surface area (Å²) in [4.78, 5) is 11.4. The molecule has 0 radical (unpaired) electrons. The molecule has 2 aromatic heterocycles. The van der Waals surface area contributed by atoms with Gasteiger partial charge in [0.2, 0.25) is 0 Å². The van der Waals surface area contributed by atoms with E-state index in [0.29, 0.717) is 6.04 Å². The van der Waals surface area contributed by atoms with Gasteiger partial charge < -0.3 is 4.90 Å². The first-order valence-corrected chi connectivity index (χ1v) is 8.83. The second-order valence-corrected chi connectivity index (χ2v) is 6.49. The van der Waals surface area contributed by atoms with Crippen molar-refractivity contribution in [2.75, 3.05) is 18.0 Å². The third-order valence-electron chi connectivity index (χ3n) is 4.87. The summed E-state index contributed by atoms with van der Waals surface area (Å²) in [5, 5.41) is 5.56. The van der Waals surface area contributed by atoms with Crippen LogP contribution in [-0.4, -0.2) is 32.8 Å². The van der Waals surface area contributed by atoms with Crippen LogP contribution in [0.2, 0.25) is 0 Å². The van der Waals surface area contributed by atoms with Crippen LogP contribution in [-0.2, 0) is 6.42 Å². The van der Waals surface area contributed by atoms with Gasteiger partial charge in [0.15, 0.2) is 0 Å². The van der Waals surface area contributed by atoms with Crippen LogP contribution < -0.4 is 4.90 Å². The molecule has 124 valence electrons. The number of aromatic nitrogens is 4. The molecule has 0 atom stereocenters. The van der Waals surface area contributed by atoms with Gasteiger partial charge in [-0.15, -0.1) is 0 Å². The highest BCUT2D eigenvalue weighted by molar-refractivity contribution is 5.92. The van der Waals surface area contributed by atoms with Crippen LogP contribution in [0.4, 0.5) is 5.69 Å². The number of fused-ring (bicyclic) bond motifs is 1. The lowest BCUT2D eigenvalue weighted by atomic mass is 10.0. The van der Waals surface area contributed by atoms with Crippen LogP contribution in [0.1, 0.15) is 37.9 Å².